The van der Waals surface area contributed by atoms with Crippen LogP contribution in [0.2, 0.25) is 0 Å². The van der Waals surface area contributed by atoms with Gasteiger partial charge in [0.2, 0.25) is 0 Å². The fourth-order valence-corrected chi connectivity index (χ4v) is 3.91. The Bertz CT molecular complexity index is 863. The summed E-state index contributed by atoms with van der Waals surface area (Å²) < 4.78 is 17.6. The van der Waals surface area contributed by atoms with E-state index in [9.17, 15) is 9.90 Å². The highest BCUT2D eigenvalue weighted by Gasteiger charge is 2.30. The second kappa shape index (κ2) is 15.3. The van der Waals surface area contributed by atoms with Crippen molar-refractivity contribution in [2.24, 2.45) is 5.11 Å². The van der Waals surface area contributed by atoms with Crippen molar-refractivity contribution in [2.75, 3.05) is 19.8 Å². The maximum Gasteiger partial charge on any atom is 0.338 e. The maximum absolute atomic E-state index is 12.4. The van der Waals surface area contributed by atoms with Gasteiger partial charge in [0, 0.05) is 16.4 Å². The molecule has 2 aromatic carbocycles. The third-order valence-corrected chi connectivity index (χ3v) is 5.88. The molecule has 0 bridgehead atoms. The number of ether oxygens (including phenoxy) is 3. The summed E-state index contributed by atoms with van der Waals surface area (Å²) in [6.07, 6.45) is -0.462. The van der Waals surface area contributed by atoms with Crippen molar-refractivity contribution in [1.29, 1.82) is 0 Å². The van der Waals surface area contributed by atoms with Crippen molar-refractivity contribution < 1.29 is 24.1 Å². The van der Waals surface area contributed by atoms with Gasteiger partial charge < -0.3 is 19.3 Å². The van der Waals surface area contributed by atoms with Crippen LogP contribution < -0.4 is 0 Å². The number of carbonyl (C=O) groups is 1. The molecule has 0 radical (unpaired) electrons. The van der Waals surface area contributed by atoms with Gasteiger partial charge in [0.25, 0.3) is 0 Å². The van der Waals surface area contributed by atoms with Crippen molar-refractivity contribution in [3.63, 3.8) is 0 Å². The van der Waals surface area contributed by atoms with Crippen LogP contribution in [0.1, 0.15) is 37.0 Å². The zero-order chi connectivity index (χ0) is 23.9. The van der Waals surface area contributed by atoms with E-state index in [-0.39, 0.29) is 13.2 Å². The Balaban J connectivity index is 2.16. The SMILES string of the molecule is CCCCO[C@@H](CN=[N+]=[N-])[C@H](OC(COC(=O)c1ccccc1)[C@@H](C)O)Sc1ccccc1. The number of carbonyl (C=O) groups excluding carboxylic acids is 1. The summed E-state index contributed by atoms with van der Waals surface area (Å²) >= 11 is 1.40. The lowest BCUT2D eigenvalue weighted by molar-refractivity contribution is -0.108. The molecule has 178 valence electrons. The summed E-state index contributed by atoms with van der Waals surface area (Å²) in [7, 11) is 0. The predicted molar refractivity (Wildman–Crippen MR) is 128 cm³/mol. The summed E-state index contributed by atoms with van der Waals surface area (Å²) in [6, 6.07) is 18.2. The van der Waals surface area contributed by atoms with E-state index in [1.807, 2.05) is 36.4 Å². The highest BCUT2D eigenvalue weighted by molar-refractivity contribution is 7.99. The molecule has 1 unspecified atom stereocenters. The fraction of sp³-hybridized carbons (Fsp3) is 0.458. The highest BCUT2D eigenvalue weighted by atomic mass is 32.2. The Morgan fingerprint density at radius 3 is 2.39 bits per heavy atom. The van der Waals surface area contributed by atoms with Gasteiger partial charge in [-0.1, -0.05) is 66.6 Å². The van der Waals surface area contributed by atoms with E-state index in [0.29, 0.717) is 12.2 Å². The average Bonchev–Trinajstić information content (AvgIpc) is 2.84. The molecule has 2 aromatic rings. The quantitative estimate of drug-likeness (QED) is 0.0721. The molecule has 0 aliphatic heterocycles. The average molecular weight is 474 g/mol. The lowest BCUT2D eigenvalue weighted by Gasteiger charge is -2.31. The zero-order valence-corrected chi connectivity index (χ0v) is 19.8. The molecule has 0 saturated carbocycles. The van der Waals surface area contributed by atoms with Gasteiger partial charge in [0.1, 0.15) is 18.1 Å². The summed E-state index contributed by atoms with van der Waals surface area (Å²) in [6.45, 7) is 4.05. The van der Waals surface area contributed by atoms with Crippen LogP contribution in [0.15, 0.2) is 70.7 Å². The van der Waals surface area contributed by atoms with Crippen LogP contribution in [0.5, 0.6) is 0 Å². The summed E-state index contributed by atoms with van der Waals surface area (Å²) in [4.78, 5) is 16.1. The number of hydrogen-bond donors (Lipinski definition) is 1. The largest absolute Gasteiger partial charge is 0.459 e. The molecule has 0 aromatic heterocycles. The molecule has 0 aliphatic carbocycles. The lowest BCUT2D eigenvalue weighted by atomic mass is 10.2. The Morgan fingerprint density at radius 2 is 1.79 bits per heavy atom. The van der Waals surface area contributed by atoms with Crippen molar-refractivity contribution >= 4 is 17.7 Å². The first kappa shape index (κ1) is 26.7. The predicted octanol–water partition coefficient (Wildman–Crippen LogP) is 5.22. The van der Waals surface area contributed by atoms with Gasteiger partial charge in [-0.15, -0.1) is 0 Å². The van der Waals surface area contributed by atoms with Gasteiger partial charge in [-0.3, -0.25) is 0 Å². The van der Waals surface area contributed by atoms with Crippen molar-refractivity contribution in [3.8, 4) is 0 Å². The number of nitrogens with zero attached hydrogens (tertiary/aromatic N) is 3. The molecule has 0 spiro atoms. The van der Waals surface area contributed by atoms with Crippen molar-refractivity contribution in [2.45, 2.75) is 55.3 Å². The minimum atomic E-state index is -0.914. The Morgan fingerprint density at radius 1 is 1.12 bits per heavy atom. The molecule has 0 heterocycles. The van der Waals surface area contributed by atoms with Crippen LogP contribution in [-0.4, -0.2) is 54.6 Å². The number of hydrogen-bond acceptors (Lipinski definition) is 7. The topological polar surface area (TPSA) is 114 Å². The van der Waals surface area contributed by atoms with E-state index in [1.165, 1.54) is 11.8 Å². The number of azide groups is 1. The Kier molecular flexibility index (Phi) is 12.4. The minimum absolute atomic E-state index is 0.0705. The van der Waals surface area contributed by atoms with Crippen molar-refractivity contribution in [3.05, 3.63) is 76.7 Å². The third-order valence-electron chi connectivity index (χ3n) is 4.69. The standard InChI is InChI=1S/C24H31N3O5S/c1-3-4-15-30-21(16-26-27-25)24(33-20-13-9-6-10-14-20)32-22(18(2)28)17-31-23(29)19-11-7-5-8-12-19/h5-14,18,21-22,24,28H,3-4,15-17H2,1-2H3/t18-,21+,22?,24-/m1/s1. The highest BCUT2D eigenvalue weighted by Crippen LogP contribution is 2.29. The van der Waals surface area contributed by atoms with Crippen LogP contribution in [0, 0.1) is 0 Å². The zero-order valence-electron chi connectivity index (χ0n) is 18.9. The van der Waals surface area contributed by atoms with Gasteiger partial charge >= 0.3 is 5.97 Å². The molecule has 9 heteroatoms. The molecular formula is C24H31N3O5S. The van der Waals surface area contributed by atoms with E-state index in [2.05, 4.69) is 16.9 Å². The molecule has 1 N–H and O–H groups in total. The van der Waals surface area contributed by atoms with E-state index >= 15 is 0 Å². The Labute approximate surface area is 198 Å². The second-order valence-corrected chi connectivity index (χ2v) is 8.53. The van der Waals surface area contributed by atoms with Gasteiger partial charge in [-0.25, -0.2) is 4.79 Å². The van der Waals surface area contributed by atoms with E-state index < -0.39 is 29.7 Å². The van der Waals surface area contributed by atoms with Gasteiger partial charge in [-0.05, 0) is 43.1 Å². The van der Waals surface area contributed by atoms with E-state index in [1.54, 1.807) is 31.2 Å². The number of unbranched alkanes of at least 4 members (excludes halogenated alkanes) is 1. The number of aliphatic hydroxyl groups excluding tert-OH is 1. The maximum atomic E-state index is 12.4. The smallest absolute Gasteiger partial charge is 0.338 e. The number of aliphatic hydroxyl groups is 1. The van der Waals surface area contributed by atoms with Crippen molar-refractivity contribution in [1.82, 2.24) is 0 Å². The van der Waals surface area contributed by atoms with E-state index in [0.717, 1.165) is 17.7 Å². The summed E-state index contributed by atoms with van der Waals surface area (Å²) in [5, 5.41) is 14.0. The summed E-state index contributed by atoms with van der Waals surface area (Å²) in [5.41, 5.74) is 8.65. The summed E-state index contributed by atoms with van der Waals surface area (Å²) in [5.74, 6) is -0.498. The molecular weight excluding hydrogens is 442 g/mol. The van der Waals surface area contributed by atoms with E-state index in [4.69, 9.17) is 19.7 Å². The first-order chi connectivity index (χ1) is 16.0. The number of esters is 1. The monoisotopic (exact) mass is 473 g/mol. The first-order valence-corrected chi connectivity index (χ1v) is 11.8. The van der Waals surface area contributed by atoms with Crippen LogP contribution in [0.25, 0.3) is 10.4 Å². The molecule has 4 atom stereocenters. The molecule has 0 amide bonds. The fourth-order valence-electron chi connectivity index (χ4n) is 2.82. The number of thioether (sulfide) groups is 1. The molecule has 8 nitrogen and oxygen atoms in total. The molecule has 0 saturated heterocycles. The van der Waals surface area contributed by atoms with Crippen LogP contribution in [0.4, 0.5) is 0 Å². The van der Waals surface area contributed by atoms with Crippen LogP contribution in [-0.2, 0) is 14.2 Å². The normalized spacial score (nSPS) is 14.5. The number of benzene rings is 2. The number of rotatable bonds is 15. The van der Waals surface area contributed by atoms with Gasteiger partial charge in [0.15, 0.2) is 0 Å². The second-order valence-electron chi connectivity index (χ2n) is 7.36. The van der Waals surface area contributed by atoms with Gasteiger partial charge in [-0.2, -0.15) is 0 Å². The third kappa shape index (κ3) is 9.86. The molecule has 0 aliphatic rings. The molecule has 33 heavy (non-hydrogen) atoms. The van der Waals surface area contributed by atoms with Crippen LogP contribution in [0.3, 0.4) is 0 Å². The lowest BCUT2D eigenvalue weighted by Crippen LogP contribution is -2.41. The first-order valence-electron chi connectivity index (χ1n) is 10.9. The Hall–Kier alpha value is -2.55. The van der Waals surface area contributed by atoms with Crippen LogP contribution >= 0.6 is 11.8 Å². The molecule has 2 rings (SSSR count). The van der Waals surface area contributed by atoms with Gasteiger partial charge in [0.05, 0.1) is 24.3 Å². The minimum Gasteiger partial charge on any atom is -0.459 e. The molecule has 0 fully saturated rings.